The number of nitrogen functional groups attached to an aromatic ring is 1. The molecule has 0 spiro atoms. The van der Waals surface area contributed by atoms with Gasteiger partial charge in [0, 0.05) is 22.4 Å². The summed E-state index contributed by atoms with van der Waals surface area (Å²) in [4.78, 5) is 15.3. The molecular formula is C12H10BrN3O. The highest BCUT2D eigenvalue weighted by atomic mass is 79.9. The first-order valence-corrected chi connectivity index (χ1v) is 5.68. The Bertz CT molecular complexity index is 569. The van der Waals surface area contributed by atoms with Crippen LogP contribution in [0.1, 0.15) is 10.4 Å². The summed E-state index contributed by atoms with van der Waals surface area (Å²) in [6.45, 7) is 0. The molecule has 4 nitrogen and oxygen atoms in total. The smallest absolute Gasteiger partial charge is 0.250 e. The van der Waals surface area contributed by atoms with E-state index in [1.54, 1.807) is 18.5 Å². The van der Waals surface area contributed by atoms with Gasteiger partial charge in [-0.2, -0.15) is 0 Å². The Morgan fingerprint density at radius 2 is 2.06 bits per heavy atom. The van der Waals surface area contributed by atoms with Gasteiger partial charge >= 0.3 is 0 Å². The van der Waals surface area contributed by atoms with Crippen LogP contribution in [0, 0.1) is 0 Å². The fourth-order valence-electron chi connectivity index (χ4n) is 1.52. The first-order valence-electron chi connectivity index (χ1n) is 4.89. The largest absolute Gasteiger partial charge is 0.397 e. The molecule has 0 aliphatic rings. The predicted molar refractivity (Wildman–Crippen MR) is 70.3 cm³/mol. The van der Waals surface area contributed by atoms with Gasteiger partial charge in [0.1, 0.15) is 0 Å². The molecule has 0 aliphatic carbocycles. The van der Waals surface area contributed by atoms with Crippen molar-refractivity contribution in [3.05, 3.63) is 46.7 Å². The number of hydrogen-bond acceptors (Lipinski definition) is 3. The Labute approximate surface area is 107 Å². The minimum atomic E-state index is -0.547. The zero-order chi connectivity index (χ0) is 12.4. The second-order valence-electron chi connectivity index (χ2n) is 3.53. The second kappa shape index (κ2) is 4.55. The molecule has 0 atom stereocenters. The van der Waals surface area contributed by atoms with Gasteiger partial charge < -0.3 is 11.5 Å². The third-order valence-corrected chi connectivity index (χ3v) is 3.05. The second-order valence-corrected chi connectivity index (χ2v) is 4.38. The molecule has 0 fully saturated rings. The third-order valence-electron chi connectivity index (χ3n) is 2.39. The summed E-state index contributed by atoms with van der Waals surface area (Å²) in [7, 11) is 0. The zero-order valence-electron chi connectivity index (χ0n) is 8.85. The van der Waals surface area contributed by atoms with Gasteiger partial charge in [0.25, 0.3) is 5.91 Å². The van der Waals surface area contributed by atoms with Crippen molar-refractivity contribution in [2.45, 2.75) is 0 Å². The molecule has 0 radical (unpaired) electrons. The van der Waals surface area contributed by atoms with Gasteiger partial charge in [0.05, 0.1) is 11.3 Å². The molecule has 17 heavy (non-hydrogen) atoms. The summed E-state index contributed by atoms with van der Waals surface area (Å²) in [5, 5.41) is 0. The van der Waals surface area contributed by atoms with Crippen LogP contribution in [0.3, 0.4) is 0 Å². The van der Waals surface area contributed by atoms with E-state index in [1.165, 1.54) is 0 Å². The molecule has 1 amide bonds. The van der Waals surface area contributed by atoms with E-state index in [0.717, 1.165) is 11.1 Å². The number of halogens is 1. The van der Waals surface area contributed by atoms with E-state index in [4.69, 9.17) is 11.5 Å². The van der Waals surface area contributed by atoms with E-state index in [1.807, 2.05) is 18.2 Å². The van der Waals surface area contributed by atoms with Gasteiger partial charge in [-0.25, -0.2) is 0 Å². The average molecular weight is 292 g/mol. The molecule has 5 heteroatoms. The zero-order valence-corrected chi connectivity index (χ0v) is 10.4. The van der Waals surface area contributed by atoms with E-state index in [0.29, 0.717) is 15.7 Å². The van der Waals surface area contributed by atoms with Crippen LogP contribution in [0.5, 0.6) is 0 Å². The normalized spacial score (nSPS) is 10.2. The summed E-state index contributed by atoms with van der Waals surface area (Å²) in [5.74, 6) is -0.547. The molecule has 1 heterocycles. The van der Waals surface area contributed by atoms with E-state index in [2.05, 4.69) is 20.9 Å². The Morgan fingerprint density at radius 1 is 1.29 bits per heavy atom. The van der Waals surface area contributed by atoms with Gasteiger partial charge in [-0.1, -0.05) is 6.07 Å². The summed E-state index contributed by atoms with van der Waals surface area (Å²) < 4.78 is 0.646. The first kappa shape index (κ1) is 11.6. The molecule has 0 aliphatic heterocycles. The molecule has 4 N–H and O–H groups in total. The van der Waals surface area contributed by atoms with Crippen LogP contribution in [-0.2, 0) is 0 Å². The van der Waals surface area contributed by atoms with Crippen LogP contribution in [0.4, 0.5) is 5.69 Å². The summed E-state index contributed by atoms with van der Waals surface area (Å²) in [6.07, 6.45) is 3.40. The van der Waals surface area contributed by atoms with Crippen molar-refractivity contribution >= 4 is 27.5 Å². The van der Waals surface area contributed by atoms with Crippen molar-refractivity contribution < 1.29 is 4.79 Å². The molecule has 0 bridgehead atoms. The number of hydrogen-bond donors (Lipinski definition) is 2. The highest BCUT2D eigenvalue weighted by Crippen LogP contribution is 2.30. The SMILES string of the molecule is NC(=O)c1cc(-c2cccnc2)cc(Br)c1N. The number of rotatable bonds is 2. The van der Waals surface area contributed by atoms with E-state index < -0.39 is 5.91 Å². The molecule has 2 rings (SSSR count). The summed E-state index contributed by atoms with van der Waals surface area (Å²) >= 11 is 3.31. The number of benzene rings is 1. The van der Waals surface area contributed by atoms with Gasteiger partial charge in [0.2, 0.25) is 0 Å². The molecule has 86 valence electrons. The standard InChI is InChI=1S/C12H10BrN3O/c13-10-5-8(7-2-1-3-16-6-7)4-9(11(10)14)12(15)17/h1-6H,14H2,(H2,15,17). The minimum Gasteiger partial charge on any atom is -0.397 e. The molecule has 0 saturated heterocycles. The van der Waals surface area contributed by atoms with Crippen LogP contribution in [0.15, 0.2) is 41.1 Å². The number of anilines is 1. The third kappa shape index (κ3) is 2.29. The summed E-state index contributed by atoms with van der Waals surface area (Å²) in [6, 6.07) is 7.22. The fourth-order valence-corrected chi connectivity index (χ4v) is 1.98. The van der Waals surface area contributed by atoms with Crippen molar-refractivity contribution in [2.24, 2.45) is 5.73 Å². The number of carbonyl (C=O) groups excluding carboxylic acids is 1. The van der Waals surface area contributed by atoms with E-state index in [-0.39, 0.29) is 0 Å². The van der Waals surface area contributed by atoms with Crippen LogP contribution >= 0.6 is 15.9 Å². The first-order chi connectivity index (χ1) is 8.09. The fraction of sp³-hybridized carbons (Fsp3) is 0. The van der Waals surface area contributed by atoms with Gasteiger partial charge in [0.15, 0.2) is 0 Å². The minimum absolute atomic E-state index is 0.304. The van der Waals surface area contributed by atoms with Crippen molar-refractivity contribution in [3.63, 3.8) is 0 Å². The maximum Gasteiger partial charge on any atom is 0.250 e. The van der Waals surface area contributed by atoms with Crippen LogP contribution < -0.4 is 11.5 Å². The molecule has 2 aromatic rings. The Balaban J connectivity index is 2.61. The highest BCUT2D eigenvalue weighted by molar-refractivity contribution is 9.10. The number of carbonyl (C=O) groups is 1. The van der Waals surface area contributed by atoms with Gasteiger partial charge in [-0.15, -0.1) is 0 Å². The van der Waals surface area contributed by atoms with Crippen molar-refractivity contribution in [1.29, 1.82) is 0 Å². The number of primary amides is 1. The number of nitrogens with zero attached hydrogens (tertiary/aromatic N) is 1. The number of aromatic nitrogens is 1. The van der Waals surface area contributed by atoms with Gasteiger partial charge in [-0.3, -0.25) is 9.78 Å². The van der Waals surface area contributed by atoms with Crippen LogP contribution in [0.2, 0.25) is 0 Å². The number of amides is 1. The predicted octanol–water partition coefficient (Wildman–Crippen LogP) is 2.19. The Hall–Kier alpha value is -1.88. The lowest BCUT2D eigenvalue weighted by atomic mass is 10.0. The Morgan fingerprint density at radius 3 is 2.65 bits per heavy atom. The summed E-state index contributed by atoms with van der Waals surface area (Å²) in [5.41, 5.74) is 13.4. The molecule has 0 unspecified atom stereocenters. The van der Waals surface area contributed by atoms with Crippen molar-refractivity contribution in [2.75, 3.05) is 5.73 Å². The quantitative estimate of drug-likeness (QED) is 0.832. The molecule has 1 aromatic carbocycles. The van der Waals surface area contributed by atoms with E-state index in [9.17, 15) is 4.79 Å². The lowest BCUT2D eigenvalue weighted by Gasteiger charge is -2.08. The van der Waals surface area contributed by atoms with Crippen molar-refractivity contribution in [1.82, 2.24) is 4.98 Å². The number of pyridine rings is 1. The molecule has 1 aromatic heterocycles. The van der Waals surface area contributed by atoms with Gasteiger partial charge in [-0.05, 0) is 39.7 Å². The van der Waals surface area contributed by atoms with Crippen LogP contribution in [-0.4, -0.2) is 10.9 Å². The average Bonchev–Trinajstić information content (AvgIpc) is 2.33. The molecule has 0 saturated carbocycles. The van der Waals surface area contributed by atoms with E-state index >= 15 is 0 Å². The molecular weight excluding hydrogens is 282 g/mol. The highest BCUT2D eigenvalue weighted by Gasteiger charge is 2.11. The van der Waals surface area contributed by atoms with Crippen LogP contribution in [0.25, 0.3) is 11.1 Å². The lowest BCUT2D eigenvalue weighted by molar-refractivity contribution is 0.100. The van der Waals surface area contributed by atoms with Crippen molar-refractivity contribution in [3.8, 4) is 11.1 Å². The number of nitrogens with two attached hydrogens (primary N) is 2. The maximum absolute atomic E-state index is 11.3. The Kier molecular flexibility index (Phi) is 3.10. The maximum atomic E-state index is 11.3. The topological polar surface area (TPSA) is 82.0 Å². The monoisotopic (exact) mass is 291 g/mol. The lowest BCUT2D eigenvalue weighted by Crippen LogP contribution is -2.14.